The molecular formula is C14H21N3O2. The largest absolute Gasteiger partial charge is 0.387 e. The third-order valence-electron chi connectivity index (χ3n) is 4.75. The molecular weight excluding hydrogens is 242 g/mol. The van der Waals surface area contributed by atoms with Gasteiger partial charge < -0.3 is 10.4 Å². The van der Waals surface area contributed by atoms with Crippen LogP contribution in [0.15, 0.2) is 0 Å². The summed E-state index contributed by atoms with van der Waals surface area (Å²) >= 11 is 0. The smallest absolute Gasteiger partial charge is 0.235 e. The van der Waals surface area contributed by atoms with E-state index in [0.717, 1.165) is 38.5 Å². The van der Waals surface area contributed by atoms with Crippen LogP contribution in [0.5, 0.6) is 0 Å². The van der Waals surface area contributed by atoms with Crippen LogP contribution in [0, 0.1) is 17.2 Å². The van der Waals surface area contributed by atoms with E-state index >= 15 is 0 Å². The Morgan fingerprint density at radius 3 is 2.53 bits per heavy atom. The van der Waals surface area contributed by atoms with Crippen LogP contribution in [0.25, 0.3) is 0 Å². The summed E-state index contributed by atoms with van der Waals surface area (Å²) in [7, 11) is 0. The average molecular weight is 263 g/mol. The van der Waals surface area contributed by atoms with E-state index in [1.807, 2.05) is 4.90 Å². The summed E-state index contributed by atoms with van der Waals surface area (Å²) in [5, 5.41) is 22.3. The highest BCUT2D eigenvalue weighted by atomic mass is 16.3. The van der Waals surface area contributed by atoms with Gasteiger partial charge >= 0.3 is 0 Å². The predicted octanol–water partition coefficient (Wildman–Crippen LogP) is 0.396. The summed E-state index contributed by atoms with van der Waals surface area (Å²) in [4.78, 5) is 13.9. The fraction of sp³-hybridized carbons (Fsp3) is 0.857. The highest BCUT2D eigenvalue weighted by Crippen LogP contribution is 2.44. The summed E-state index contributed by atoms with van der Waals surface area (Å²) in [5.74, 6) is 0.369. The molecule has 0 aromatic heterocycles. The molecule has 0 radical (unpaired) electrons. The summed E-state index contributed by atoms with van der Waals surface area (Å²) in [6, 6.07) is 2.26. The van der Waals surface area contributed by atoms with Crippen LogP contribution in [-0.4, -0.2) is 46.7 Å². The molecule has 2 N–H and O–H groups in total. The first-order valence-corrected chi connectivity index (χ1v) is 7.22. The molecule has 0 unspecified atom stereocenters. The molecule has 1 heterocycles. The number of carbonyl (C=O) groups is 1. The molecule has 5 nitrogen and oxygen atoms in total. The van der Waals surface area contributed by atoms with Crippen molar-refractivity contribution in [1.82, 2.24) is 10.2 Å². The maximum absolute atomic E-state index is 12.0. The summed E-state index contributed by atoms with van der Waals surface area (Å²) < 4.78 is 0. The Morgan fingerprint density at radius 1 is 1.37 bits per heavy atom. The van der Waals surface area contributed by atoms with Crippen molar-refractivity contribution in [1.29, 1.82) is 5.26 Å². The van der Waals surface area contributed by atoms with Crippen molar-refractivity contribution in [2.75, 3.05) is 19.6 Å². The van der Waals surface area contributed by atoms with E-state index in [1.165, 1.54) is 0 Å². The van der Waals surface area contributed by atoms with E-state index in [2.05, 4.69) is 11.4 Å². The van der Waals surface area contributed by atoms with Crippen LogP contribution in [0.4, 0.5) is 0 Å². The zero-order valence-corrected chi connectivity index (χ0v) is 11.2. The maximum atomic E-state index is 12.0. The van der Waals surface area contributed by atoms with Crippen molar-refractivity contribution in [2.45, 2.75) is 49.7 Å². The second-order valence-electron chi connectivity index (χ2n) is 6.47. The number of β-amino-alcohol motifs (C(OH)–C–C–N with tert-alkyl or cyclic N) is 1. The predicted molar refractivity (Wildman–Crippen MR) is 69.1 cm³/mol. The lowest BCUT2D eigenvalue weighted by Crippen LogP contribution is -2.65. The molecule has 1 saturated heterocycles. The molecule has 2 aliphatic carbocycles. The average Bonchev–Trinajstić information content (AvgIpc) is 3.09. The van der Waals surface area contributed by atoms with Crippen LogP contribution >= 0.6 is 0 Å². The number of aliphatic hydroxyl groups is 1. The molecule has 0 aromatic rings. The molecule has 0 spiro atoms. The number of rotatable bonds is 4. The van der Waals surface area contributed by atoms with Gasteiger partial charge in [-0.3, -0.25) is 9.69 Å². The highest BCUT2D eigenvalue weighted by Gasteiger charge is 2.52. The topological polar surface area (TPSA) is 76.4 Å². The fourth-order valence-corrected chi connectivity index (χ4v) is 3.47. The molecule has 104 valence electrons. The number of hydrogen-bond donors (Lipinski definition) is 2. The molecule has 3 aliphatic rings. The minimum atomic E-state index is -0.630. The van der Waals surface area contributed by atoms with E-state index in [0.29, 0.717) is 25.6 Å². The summed E-state index contributed by atoms with van der Waals surface area (Å²) in [5.41, 5.74) is -1.17. The third kappa shape index (κ3) is 2.47. The van der Waals surface area contributed by atoms with Gasteiger partial charge in [-0.2, -0.15) is 5.26 Å². The number of amides is 1. The molecule has 2 saturated carbocycles. The lowest BCUT2D eigenvalue weighted by Gasteiger charge is -2.46. The molecule has 3 rings (SSSR count). The van der Waals surface area contributed by atoms with E-state index in [-0.39, 0.29) is 5.91 Å². The van der Waals surface area contributed by atoms with Crippen LogP contribution in [-0.2, 0) is 4.79 Å². The van der Waals surface area contributed by atoms with E-state index in [1.54, 1.807) is 0 Å². The molecule has 19 heavy (non-hydrogen) atoms. The number of nitriles is 1. The van der Waals surface area contributed by atoms with Crippen LogP contribution < -0.4 is 5.32 Å². The van der Waals surface area contributed by atoms with Crippen molar-refractivity contribution < 1.29 is 9.90 Å². The van der Waals surface area contributed by atoms with Gasteiger partial charge in [0.15, 0.2) is 0 Å². The van der Waals surface area contributed by atoms with E-state index < -0.39 is 11.1 Å². The van der Waals surface area contributed by atoms with Crippen LogP contribution in [0.2, 0.25) is 0 Å². The molecule has 1 amide bonds. The normalized spacial score (nSPS) is 28.4. The lowest BCUT2D eigenvalue weighted by atomic mass is 9.89. The Morgan fingerprint density at radius 2 is 2.00 bits per heavy atom. The van der Waals surface area contributed by atoms with Crippen molar-refractivity contribution in [3.8, 4) is 6.07 Å². The van der Waals surface area contributed by atoms with Gasteiger partial charge in [-0.05, 0) is 44.4 Å². The molecule has 0 aromatic carbocycles. The minimum absolute atomic E-state index is 0.0821. The highest BCUT2D eigenvalue weighted by molar-refractivity contribution is 5.79. The van der Waals surface area contributed by atoms with Gasteiger partial charge in [-0.15, -0.1) is 0 Å². The molecule has 3 fully saturated rings. The number of nitrogens with zero attached hydrogens (tertiary/aromatic N) is 2. The number of likely N-dealkylation sites (tertiary alicyclic amines) is 1. The number of hydrogen-bond acceptors (Lipinski definition) is 4. The number of nitrogens with one attached hydrogen (secondary N) is 1. The van der Waals surface area contributed by atoms with Gasteiger partial charge in [0.05, 0.1) is 18.2 Å². The molecule has 0 bridgehead atoms. The quantitative estimate of drug-likeness (QED) is 0.769. The maximum Gasteiger partial charge on any atom is 0.235 e. The molecule has 0 atom stereocenters. The van der Waals surface area contributed by atoms with Crippen LogP contribution in [0.1, 0.15) is 38.5 Å². The van der Waals surface area contributed by atoms with Gasteiger partial charge in [-0.1, -0.05) is 0 Å². The minimum Gasteiger partial charge on any atom is -0.387 e. The van der Waals surface area contributed by atoms with Crippen molar-refractivity contribution in [2.24, 2.45) is 5.92 Å². The van der Waals surface area contributed by atoms with Crippen molar-refractivity contribution in [3.05, 3.63) is 0 Å². The third-order valence-corrected chi connectivity index (χ3v) is 4.75. The van der Waals surface area contributed by atoms with Crippen molar-refractivity contribution >= 4 is 5.91 Å². The first-order valence-electron chi connectivity index (χ1n) is 7.22. The summed E-state index contributed by atoms with van der Waals surface area (Å²) in [6.45, 7) is 1.51. The molecule has 5 heteroatoms. The van der Waals surface area contributed by atoms with Crippen molar-refractivity contribution in [3.63, 3.8) is 0 Å². The standard InChI is InChI=1S/C14H21N3O2/c15-8-13(5-1-2-6-13)16-12(18)7-17-9-14(19,10-17)11-3-4-11/h11,19H,1-7,9-10H2,(H,16,18). The summed E-state index contributed by atoms with van der Waals surface area (Å²) in [6.07, 6.45) is 5.79. The SMILES string of the molecule is N#CC1(NC(=O)CN2CC(O)(C3CC3)C2)CCCC1. The Hall–Kier alpha value is -1.12. The monoisotopic (exact) mass is 263 g/mol. The first kappa shape index (κ1) is 12.9. The Kier molecular flexibility index (Phi) is 3.03. The molecule has 1 aliphatic heterocycles. The fourth-order valence-electron chi connectivity index (χ4n) is 3.47. The Bertz CT molecular complexity index is 413. The Balaban J connectivity index is 1.46. The van der Waals surface area contributed by atoms with Gasteiger partial charge in [0.1, 0.15) is 5.54 Å². The van der Waals surface area contributed by atoms with Gasteiger partial charge in [0.2, 0.25) is 5.91 Å². The van der Waals surface area contributed by atoms with E-state index in [4.69, 9.17) is 0 Å². The zero-order valence-electron chi connectivity index (χ0n) is 11.2. The zero-order chi connectivity index (χ0) is 13.5. The van der Waals surface area contributed by atoms with E-state index in [9.17, 15) is 15.2 Å². The number of carbonyl (C=O) groups excluding carboxylic acids is 1. The van der Waals surface area contributed by atoms with Gasteiger partial charge in [-0.25, -0.2) is 0 Å². The first-order chi connectivity index (χ1) is 9.05. The van der Waals surface area contributed by atoms with Gasteiger partial charge in [0.25, 0.3) is 0 Å². The lowest BCUT2D eigenvalue weighted by molar-refractivity contribution is -0.137. The Labute approximate surface area is 113 Å². The second kappa shape index (κ2) is 4.46. The van der Waals surface area contributed by atoms with Crippen LogP contribution in [0.3, 0.4) is 0 Å². The van der Waals surface area contributed by atoms with Gasteiger partial charge in [0, 0.05) is 13.1 Å². The second-order valence-corrected chi connectivity index (χ2v) is 6.47.